The van der Waals surface area contributed by atoms with Gasteiger partial charge in [-0.25, -0.2) is 0 Å². The summed E-state index contributed by atoms with van der Waals surface area (Å²) in [5.41, 5.74) is 2.75. The minimum Gasteiger partial charge on any atom is -0.486 e. The van der Waals surface area contributed by atoms with Crippen LogP contribution >= 0.6 is 0 Å². The van der Waals surface area contributed by atoms with Crippen molar-refractivity contribution in [1.29, 1.82) is 0 Å². The van der Waals surface area contributed by atoms with Crippen LogP contribution < -0.4 is 15.4 Å². The molecule has 0 aliphatic carbocycles. The van der Waals surface area contributed by atoms with E-state index in [1.54, 1.807) is 0 Å². The molecule has 1 unspecified atom stereocenters. The molecule has 2 aliphatic heterocycles. The Hall–Kier alpha value is -1.06. The summed E-state index contributed by atoms with van der Waals surface area (Å²) < 4.78 is 6.34. The number of nitrogens with one attached hydrogen (secondary N) is 2. The third-order valence-electron chi connectivity index (χ3n) is 4.02. The van der Waals surface area contributed by atoms with Crippen molar-refractivity contribution in [3.63, 3.8) is 0 Å². The zero-order chi connectivity index (χ0) is 12.4. The van der Waals surface area contributed by atoms with E-state index in [-0.39, 0.29) is 5.60 Å². The Bertz CT molecular complexity index is 425. The Morgan fingerprint density at radius 3 is 3.00 bits per heavy atom. The summed E-state index contributed by atoms with van der Waals surface area (Å²) in [7, 11) is 0. The smallest absolute Gasteiger partial charge is 0.124 e. The summed E-state index contributed by atoms with van der Waals surface area (Å²) in [6, 6.07) is 6.47. The van der Waals surface area contributed by atoms with Gasteiger partial charge >= 0.3 is 0 Å². The maximum Gasteiger partial charge on any atom is 0.124 e. The maximum atomic E-state index is 6.34. The van der Waals surface area contributed by atoms with Gasteiger partial charge in [0.05, 0.1) is 0 Å². The molecule has 2 aliphatic rings. The standard InChI is InChI=1S/C15H22N2O/c1-15(7-3-8-17-11-15)18-14-5-2-4-12-6-9-16-10-13(12)14/h2,4-5,16-17H,3,6-11H2,1H3. The molecule has 3 nitrogen and oxygen atoms in total. The molecule has 3 rings (SSSR count). The second kappa shape index (κ2) is 4.90. The molecule has 1 aromatic rings. The average Bonchev–Trinajstić information content (AvgIpc) is 2.40. The van der Waals surface area contributed by atoms with Gasteiger partial charge in [0.15, 0.2) is 0 Å². The summed E-state index contributed by atoms with van der Waals surface area (Å²) in [6.45, 7) is 6.30. The first-order valence-electron chi connectivity index (χ1n) is 6.98. The van der Waals surface area contributed by atoms with Crippen LogP contribution in [0.4, 0.5) is 0 Å². The number of fused-ring (bicyclic) bond motifs is 1. The fourth-order valence-electron chi connectivity index (χ4n) is 2.96. The van der Waals surface area contributed by atoms with Crippen LogP contribution in [0.2, 0.25) is 0 Å². The lowest BCUT2D eigenvalue weighted by atomic mass is 9.95. The molecular formula is C15H22N2O. The van der Waals surface area contributed by atoms with E-state index in [9.17, 15) is 0 Å². The Labute approximate surface area is 109 Å². The van der Waals surface area contributed by atoms with Gasteiger partial charge in [-0.1, -0.05) is 12.1 Å². The zero-order valence-electron chi connectivity index (χ0n) is 11.1. The maximum absolute atomic E-state index is 6.34. The molecule has 0 saturated carbocycles. The number of hydrogen-bond acceptors (Lipinski definition) is 3. The quantitative estimate of drug-likeness (QED) is 0.835. The predicted molar refractivity (Wildman–Crippen MR) is 73.0 cm³/mol. The molecule has 0 amide bonds. The molecule has 0 radical (unpaired) electrons. The van der Waals surface area contributed by atoms with Gasteiger partial charge in [-0.2, -0.15) is 0 Å². The topological polar surface area (TPSA) is 33.3 Å². The third kappa shape index (κ3) is 2.38. The third-order valence-corrected chi connectivity index (χ3v) is 4.02. The van der Waals surface area contributed by atoms with E-state index in [0.717, 1.165) is 44.8 Å². The van der Waals surface area contributed by atoms with Crippen molar-refractivity contribution in [1.82, 2.24) is 10.6 Å². The Kier molecular flexibility index (Phi) is 3.27. The van der Waals surface area contributed by atoms with Crippen molar-refractivity contribution < 1.29 is 4.74 Å². The highest BCUT2D eigenvalue weighted by molar-refractivity contribution is 5.42. The van der Waals surface area contributed by atoms with Crippen molar-refractivity contribution in [3.8, 4) is 5.75 Å². The summed E-state index contributed by atoms with van der Waals surface area (Å²) >= 11 is 0. The SMILES string of the molecule is CC1(Oc2cccc3c2CNCC3)CCCNC1. The first kappa shape index (κ1) is 12.0. The highest BCUT2D eigenvalue weighted by Crippen LogP contribution is 2.30. The number of ether oxygens (including phenoxy) is 1. The van der Waals surface area contributed by atoms with Crippen LogP contribution in [0, 0.1) is 0 Å². The Morgan fingerprint density at radius 2 is 2.17 bits per heavy atom. The molecule has 0 aromatic heterocycles. The summed E-state index contributed by atoms with van der Waals surface area (Å²) in [5.74, 6) is 1.07. The second-order valence-corrected chi connectivity index (χ2v) is 5.65. The predicted octanol–water partition coefficient (Wildman–Crippen LogP) is 1.85. The average molecular weight is 246 g/mol. The molecule has 0 spiro atoms. The second-order valence-electron chi connectivity index (χ2n) is 5.65. The van der Waals surface area contributed by atoms with E-state index in [2.05, 4.69) is 35.8 Å². The summed E-state index contributed by atoms with van der Waals surface area (Å²) in [5, 5.41) is 6.87. The Morgan fingerprint density at radius 1 is 1.22 bits per heavy atom. The highest BCUT2D eigenvalue weighted by atomic mass is 16.5. The van der Waals surface area contributed by atoms with Crippen LogP contribution in [-0.2, 0) is 13.0 Å². The van der Waals surface area contributed by atoms with Gasteiger partial charge in [-0.15, -0.1) is 0 Å². The minimum atomic E-state index is -0.0508. The van der Waals surface area contributed by atoms with E-state index in [1.807, 2.05) is 0 Å². The molecule has 18 heavy (non-hydrogen) atoms. The van der Waals surface area contributed by atoms with Gasteiger partial charge < -0.3 is 15.4 Å². The van der Waals surface area contributed by atoms with Crippen molar-refractivity contribution in [2.75, 3.05) is 19.6 Å². The van der Waals surface area contributed by atoms with Crippen molar-refractivity contribution in [2.24, 2.45) is 0 Å². The van der Waals surface area contributed by atoms with Gasteiger partial charge in [0, 0.05) is 18.7 Å². The van der Waals surface area contributed by atoms with Crippen LogP contribution in [0.5, 0.6) is 5.75 Å². The molecule has 0 bridgehead atoms. The van der Waals surface area contributed by atoms with Gasteiger partial charge in [-0.05, 0) is 50.9 Å². The Balaban J connectivity index is 1.83. The first-order chi connectivity index (χ1) is 8.77. The molecule has 1 aromatic carbocycles. The first-order valence-corrected chi connectivity index (χ1v) is 6.98. The van der Waals surface area contributed by atoms with Crippen molar-refractivity contribution >= 4 is 0 Å². The number of piperidine rings is 1. The summed E-state index contributed by atoms with van der Waals surface area (Å²) in [6.07, 6.45) is 3.45. The zero-order valence-corrected chi connectivity index (χ0v) is 11.1. The largest absolute Gasteiger partial charge is 0.486 e. The molecule has 1 atom stereocenters. The summed E-state index contributed by atoms with van der Waals surface area (Å²) in [4.78, 5) is 0. The van der Waals surface area contributed by atoms with Crippen molar-refractivity contribution in [3.05, 3.63) is 29.3 Å². The molecule has 2 heterocycles. The lowest BCUT2D eigenvalue weighted by Gasteiger charge is -2.36. The molecule has 3 heteroatoms. The number of hydrogen-bond donors (Lipinski definition) is 2. The van der Waals surface area contributed by atoms with E-state index < -0.39 is 0 Å². The van der Waals surface area contributed by atoms with Gasteiger partial charge in [0.25, 0.3) is 0 Å². The lowest BCUT2D eigenvalue weighted by molar-refractivity contribution is 0.0601. The fraction of sp³-hybridized carbons (Fsp3) is 0.600. The van der Waals surface area contributed by atoms with Crippen LogP contribution in [-0.4, -0.2) is 25.2 Å². The molecule has 98 valence electrons. The van der Waals surface area contributed by atoms with Gasteiger partial charge in [0.1, 0.15) is 11.4 Å². The van der Waals surface area contributed by atoms with E-state index in [1.165, 1.54) is 17.5 Å². The molecule has 1 fully saturated rings. The molecule has 1 saturated heterocycles. The molecular weight excluding hydrogens is 224 g/mol. The normalized spacial score (nSPS) is 27.6. The van der Waals surface area contributed by atoms with Gasteiger partial charge in [-0.3, -0.25) is 0 Å². The highest BCUT2D eigenvalue weighted by Gasteiger charge is 2.29. The van der Waals surface area contributed by atoms with Crippen LogP contribution in [0.3, 0.4) is 0 Å². The lowest BCUT2D eigenvalue weighted by Crippen LogP contribution is -2.47. The van der Waals surface area contributed by atoms with E-state index >= 15 is 0 Å². The number of benzene rings is 1. The monoisotopic (exact) mass is 246 g/mol. The van der Waals surface area contributed by atoms with Crippen molar-refractivity contribution in [2.45, 2.75) is 38.3 Å². The van der Waals surface area contributed by atoms with E-state index in [0.29, 0.717) is 0 Å². The minimum absolute atomic E-state index is 0.0508. The molecule has 2 N–H and O–H groups in total. The van der Waals surface area contributed by atoms with Crippen LogP contribution in [0.1, 0.15) is 30.9 Å². The van der Waals surface area contributed by atoms with Gasteiger partial charge in [0.2, 0.25) is 0 Å². The van der Waals surface area contributed by atoms with Crippen LogP contribution in [0.25, 0.3) is 0 Å². The number of rotatable bonds is 2. The van der Waals surface area contributed by atoms with E-state index in [4.69, 9.17) is 4.74 Å². The fourth-order valence-corrected chi connectivity index (χ4v) is 2.96. The van der Waals surface area contributed by atoms with Crippen LogP contribution in [0.15, 0.2) is 18.2 Å².